The third-order valence-electron chi connectivity index (χ3n) is 5.10. The van der Waals surface area contributed by atoms with Crippen LogP contribution >= 0.6 is 0 Å². The van der Waals surface area contributed by atoms with E-state index in [-0.39, 0.29) is 17.8 Å². The Kier molecular flexibility index (Phi) is 4.49. The molecule has 2 atom stereocenters. The minimum absolute atomic E-state index is 0.137. The summed E-state index contributed by atoms with van der Waals surface area (Å²) in [7, 11) is 0. The van der Waals surface area contributed by atoms with E-state index in [9.17, 15) is 4.79 Å². The number of ketones is 1. The minimum atomic E-state index is 0.137. The molecule has 1 N–H and O–H groups in total. The molecular formula is C20H23N3O2. The number of nitrogens with zero attached hydrogens (tertiary/aromatic N) is 2. The maximum absolute atomic E-state index is 12.5. The standard InChI is InChI=1S/C20H23N3O2/c1-13-4-6-14(7-5-13)15-9-18-17(19(24)10-15)12-22-20(23-18)21-11-16-3-2-8-25-16/h4-7,12,15-16H,2-3,8-11H2,1H3,(H,21,22,23)/t15-,16+/m1/s1. The van der Waals surface area contributed by atoms with Gasteiger partial charge in [-0.15, -0.1) is 0 Å². The van der Waals surface area contributed by atoms with E-state index in [1.807, 2.05) is 0 Å². The Morgan fingerprint density at radius 2 is 2.08 bits per heavy atom. The minimum Gasteiger partial charge on any atom is -0.376 e. The summed E-state index contributed by atoms with van der Waals surface area (Å²) in [5, 5.41) is 3.26. The average Bonchev–Trinajstić information content (AvgIpc) is 3.14. The van der Waals surface area contributed by atoms with Crippen LogP contribution in [0.4, 0.5) is 5.95 Å². The number of hydrogen-bond acceptors (Lipinski definition) is 5. The summed E-state index contributed by atoms with van der Waals surface area (Å²) in [6.45, 7) is 3.63. The van der Waals surface area contributed by atoms with Crippen LogP contribution in [0.5, 0.6) is 0 Å². The quantitative estimate of drug-likeness (QED) is 0.927. The van der Waals surface area contributed by atoms with Gasteiger partial charge in [0.1, 0.15) is 0 Å². The van der Waals surface area contributed by atoms with Crippen molar-refractivity contribution in [3.8, 4) is 0 Å². The lowest BCUT2D eigenvalue weighted by atomic mass is 9.82. The Hall–Kier alpha value is -2.27. The topological polar surface area (TPSA) is 64.1 Å². The summed E-state index contributed by atoms with van der Waals surface area (Å²) in [5.41, 5.74) is 3.96. The number of hydrogen-bond donors (Lipinski definition) is 1. The number of rotatable bonds is 4. The lowest BCUT2D eigenvalue weighted by molar-refractivity contribution is 0.0962. The highest BCUT2D eigenvalue weighted by Gasteiger charge is 2.28. The number of carbonyl (C=O) groups is 1. The predicted molar refractivity (Wildman–Crippen MR) is 96.1 cm³/mol. The highest BCUT2D eigenvalue weighted by atomic mass is 16.5. The molecule has 2 aromatic rings. The second kappa shape index (κ2) is 6.92. The van der Waals surface area contributed by atoms with Crippen LogP contribution in [0.25, 0.3) is 0 Å². The fourth-order valence-corrected chi connectivity index (χ4v) is 3.61. The van der Waals surface area contributed by atoms with Crippen molar-refractivity contribution in [1.82, 2.24) is 9.97 Å². The molecule has 2 heterocycles. The molecule has 5 nitrogen and oxygen atoms in total. The van der Waals surface area contributed by atoms with E-state index in [4.69, 9.17) is 4.74 Å². The van der Waals surface area contributed by atoms with Crippen molar-refractivity contribution in [2.45, 2.75) is 44.6 Å². The summed E-state index contributed by atoms with van der Waals surface area (Å²) < 4.78 is 5.62. The van der Waals surface area contributed by atoms with Gasteiger partial charge < -0.3 is 10.1 Å². The van der Waals surface area contributed by atoms with Crippen LogP contribution in [0.15, 0.2) is 30.5 Å². The zero-order chi connectivity index (χ0) is 17.2. The van der Waals surface area contributed by atoms with E-state index < -0.39 is 0 Å². The molecule has 1 aromatic heterocycles. The predicted octanol–water partition coefficient (Wildman–Crippen LogP) is 3.29. The molecule has 1 aliphatic heterocycles. The van der Waals surface area contributed by atoms with Crippen LogP contribution in [-0.4, -0.2) is 35.0 Å². The van der Waals surface area contributed by atoms with Crippen molar-refractivity contribution < 1.29 is 9.53 Å². The fourth-order valence-electron chi connectivity index (χ4n) is 3.61. The van der Waals surface area contributed by atoms with Gasteiger partial charge >= 0.3 is 0 Å². The molecule has 2 aliphatic rings. The molecule has 0 amide bonds. The normalized spacial score (nSPS) is 22.7. The number of aryl methyl sites for hydroxylation is 1. The molecule has 1 saturated heterocycles. The maximum Gasteiger partial charge on any atom is 0.222 e. The van der Waals surface area contributed by atoms with Crippen molar-refractivity contribution in [2.24, 2.45) is 0 Å². The van der Waals surface area contributed by atoms with Gasteiger partial charge in [-0.05, 0) is 37.7 Å². The van der Waals surface area contributed by atoms with Gasteiger partial charge in [0, 0.05) is 25.8 Å². The van der Waals surface area contributed by atoms with Gasteiger partial charge in [-0.3, -0.25) is 4.79 Å². The first-order valence-corrected chi connectivity index (χ1v) is 9.00. The average molecular weight is 337 g/mol. The number of aromatic nitrogens is 2. The summed E-state index contributed by atoms with van der Waals surface area (Å²) in [5.74, 6) is 0.922. The second-order valence-electron chi connectivity index (χ2n) is 7.01. The number of fused-ring (bicyclic) bond motifs is 1. The van der Waals surface area contributed by atoms with Gasteiger partial charge in [-0.2, -0.15) is 0 Å². The molecule has 1 fully saturated rings. The van der Waals surface area contributed by atoms with Gasteiger partial charge in [-0.1, -0.05) is 29.8 Å². The molecule has 25 heavy (non-hydrogen) atoms. The smallest absolute Gasteiger partial charge is 0.222 e. The molecule has 4 rings (SSSR count). The summed E-state index contributed by atoms with van der Waals surface area (Å²) >= 11 is 0. The Morgan fingerprint density at radius 1 is 1.24 bits per heavy atom. The highest BCUT2D eigenvalue weighted by molar-refractivity contribution is 5.98. The van der Waals surface area contributed by atoms with Gasteiger partial charge in [0.15, 0.2) is 5.78 Å². The number of carbonyl (C=O) groups excluding carboxylic acids is 1. The van der Waals surface area contributed by atoms with Crippen molar-refractivity contribution in [3.05, 3.63) is 52.8 Å². The Labute approximate surface area is 147 Å². The summed E-state index contributed by atoms with van der Waals surface area (Å²) in [4.78, 5) is 21.4. The zero-order valence-electron chi connectivity index (χ0n) is 14.5. The first kappa shape index (κ1) is 16.2. The molecule has 0 saturated carbocycles. The lowest BCUT2D eigenvalue weighted by Gasteiger charge is -2.23. The first-order valence-electron chi connectivity index (χ1n) is 9.00. The molecule has 1 aliphatic carbocycles. The van der Waals surface area contributed by atoms with Crippen LogP contribution in [0.1, 0.15) is 52.4 Å². The van der Waals surface area contributed by atoms with Crippen molar-refractivity contribution in [2.75, 3.05) is 18.5 Å². The number of Topliss-reactive ketones (excluding diaryl/α,β-unsaturated/α-hetero) is 1. The van der Waals surface area contributed by atoms with Crippen molar-refractivity contribution >= 4 is 11.7 Å². The number of ether oxygens (including phenoxy) is 1. The molecule has 0 spiro atoms. The number of benzene rings is 1. The van der Waals surface area contributed by atoms with Crippen LogP contribution in [0, 0.1) is 6.92 Å². The van der Waals surface area contributed by atoms with Crippen LogP contribution in [0.3, 0.4) is 0 Å². The highest BCUT2D eigenvalue weighted by Crippen LogP contribution is 2.32. The van der Waals surface area contributed by atoms with E-state index in [0.717, 1.165) is 31.6 Å². The molecule has 0 unspecified atom stereocenters. The third kappa shape index (κ3) is 3.56. The van der Waals surface area contributed by atoms with Gasteiger partial charge in [0.2, 0.25) is 5.95 Å². The molecule has 0 bridgehead atoms. The van der Waals surface area contributed by atoms with Crippen molar-refractivity contribution in [3.63, 3.8) is 0 Å². The van der Waals surface area contributed by atoms with Crippen LogP contribution in [0.2, 0.25) is 0 Å². The zero-order valence-corrected chi connectivity index (χ0v) is 14.5. The summed E-state index contributed by atoms with van der Waals surface area (Å²) in [6, 6.07) is 8.44. The van der Waals surface area contributed by atoms with Crippen LogP contribution in [-0.2, 0) is 11.2 Å². The van der Waals surface area contributed by atoms with Crippen molar-refractivity contribution in [1.29, 1.82) is 0 Å². The molecule has 1 aromatic carbocycles. The molecule has 5 heteroatoms. The Balaban J connectivity index is 1.51. The van der Waals surface area contributed by atoms with E-state index >= 15 is 0 Å². The van der Waals surface area contributed by atoms with E-state index in [1.165, 1.54) is 11.1 Å². The Bertz CT molecular complexity index is 767. The Morgan fingerprint density at radius 3 is 2.84 bits per heavy atom. The summed E-state index contributed by atoms with van der Waals surface area (Å²) in [6.07, 6.45) is 5.41. The van der Waals surface area contributed by atoms with Gasteiger partial charge in [0.25, 0.3) is 0 Å². The van der Waals surface area contributed by atoms with E-state index in [2.05, 4.69) is 46.5 Å². The SMILES string of the molecule is Cc1ccc([C@H]2CC(=O)c3cnc(NC[C@@H]4CCCO4)nc3C2)cc1. The first-order chi connectivity index (χ1) is 12.2. The third-order valence-corrected chi connectivity index (χ3v) is 5.10. The van der Waals surface area contributed by atoms with E-state index in [1.54, 1.807) is 6.20 Å². The monoisotopic (exact) mass is 337 g/mol. The largest absolute Gasteiger partial charge is 0.376 e. The lowest BCUT2D eigenvalue weighted by Crippen LogP contribution is -2.23. The van der Waals surface area contributed by atoms with E-state index in [0.29, 0.717) is 24.5 Å². The number of anilines is 1. The number of nitrogens with one attached hydrogen (secondary N) is 1. The second-order valence-corrected chi connectivity index (χ2v) is 7.01. The molecule has 130 valence electrons. The maximum atomic E-state index is 12.5. The van der Waals surface area contributed by atoms with Gasteiger partial charge in [0.05, 0.1) is 17.4 Å². The molecular weight excluding hydrogens is 314 g/mol. The molecule has 0 radical (unpaired) electrons. The van der Waals surface area contributed by atoms with Crippen LogP contribution < -0.4 is 5.32 Å². The van der Waals surface area contributed by atoms with Gasteiger partial charge in [-0.25, -0.2) is 9.97 Å². The fraction of sp³-hybridized carbons (Fsp3) is 0.450.